The number of carbonyl (C=O) groups is 1. The van der Waals surface area contributed by atoms with Crippen LogP contribution in [0.15, 0.2) is 0 Å². The molecule has 0 aliphatic carbocycles. The first-order valence-electron chi connectivity index (χ1n) is 7.82. The zero-order valence-electron chi connectivity index (χ0n) is 12.8. The fraction of sp³-hybridized carbons (Fsp3) is 0.938. The van der Waals surface area contributed by atoms with Gasteiger partial charge in [0.15, 0.2) is 0 Å². The summed E-state index contributed by atoms with van der Waals surface area (Å²) in [6.45, 7) is 8.40. The summed E-state index contributed by atoms with van der Waals surface area (Å²) in [7, 11) is 0. The molecule has 2 heteroatoms. The topological polar surface area (TPSA) is 26.3 Å². The van der Waals surface area contributed by atoms with Gasteiger partial charge < -0.3 is 4.74 Å². The lowest BCUT2D eigenvalue weighted by Gasteiger charge is -2.16. The van der Waals surface area contributed by atoms with E-state index >= 15 is 0 Å². The van der Waals surface area contributed by atoms with E-state index in [2.05, 4.69) is 13.8 Å². The largest absolute Gasteiger partial charge is 0.462 e. The molecular weight excluding hydrogens is 224 g/mol. The molecular formula is C16H32O2. The summed E-state index contributed by atoms with van der Waals surface area (Å²) in [5, 5.41) is 0. The third kappa shape index (κ3) is 9.49. The summed E-state index contributed by atoms with van der Waals surface area (Å²) >= 11 is 0. The minimum atomic E-state index is -0.00547. The Balaban J connectivity index is 3.64. The van der Waals surface area contributed by atoms with Crippen molar-refractivity contribution in [3.05, 3.63) is 0 Å². The van der Waals surface area contributed by atoms with Gasteiger partial charge in [0, 0.05) is 0 Å². The summed E-state index contributed by atoms with van der Waals surface area (Å²) in [4.78, 5) is 11.8. The maximum absolute atomic E-state index is 11.8. The Bertz CT molecular complexity index is 201. The molecule has 0 fully saturated rings. The number of carbonyl (C=O) groups excluding carboxylic acids is 1. The molecule has 2 nitrogen and oxygen atoms in total. The lowest BCUT2D eigenvalue weighted by molar-refractivity contribution is -0.153. The number of esters is 1. The van der Waals surface area contributed by atoms with Gasteiger partial charge in [-0.2, -0.15) is 0 Å². The lowest BCUT2D eigenvalue weighted by atomic mass is 10.0. The van der Waals surface area contributed by atoms with Crippen molar-refractivity contribution in [1.82, 2.24) is 0 Å². The highest BCUT2D eigenvalue weighted by molar-refractivity contribution is 5.72. The minimum Gasteiger partial charge on any atom is -0.462 e. The van der Waals surface area contributed by atoms with E-state index in [0.29, 0.717) is 0 Å². The minimum absolute atomic E-state index is 0.00547. The number of rotatable bonds is 11. The van der Waals surface area contributed by atoms with E-state index in [0.717, 1.165) is 19.3 Å². The third-order valence-corrected chi connectivity index (χ3v) is 3.42. The van der Waals surface area contributed by atoms with Gasteiger partial charge in [-0.15, -0.1) is 0 Å². The van der Waals surface area contributed by atoms with Crippen LogP contribution in [0.3, 0.4) is 0 Å². The van der Waals surface area contributed by atoms with Crippen LogP contribution in [-0.4, -0.2) is 12.1 Å². The summed E-state index contributed by atoms with van der Waals surface area (Å²) in [6, 6.07) is 0. The fourth-order valence-corrected chi connectivity index (χ4v) is 2.05. The molecule has 0 heterocycles. The molecule has 0 saturated carbocycles. The highest BCUT2D eigenvalue weighted by Gasteiger charge is 2.16. The molecule has 0 spiro atoms. The van der Waals surface area contributed by atoms with Gasteiger partial charge in [-0.05, 0) is 26.2 Å². The summed E-state index contributed by atoms with van der Waals surface area (Å²) < 4.78 is 5.48. The van der Waals surface area contributed by atoms with E-state index in [-0.39, 0.29) is 18.0 Å². The first kappa shape index (κ1) is 17.5. The van der Waals surface area contributed by atoms with Crippen molar-refractivity contribution in [3.8, 4) is 0 Å². The molecule has 0 aromatic carbocycles. The van der Waals surface area contributed by atoms with Crippen LogP contribution in [0.1, 0.15) is 85.5 Å². The Hall–Kier alpha value is -0.530. The van der Waals surface area contributed by atoms with Gasteiger partial charge in [0.2, 0.25) is 0 Å². The second-order valence-electron chi connectivity index (χ2n) is 5.49. The van der Waals surface area contributed by atoms with Gasteiger partial charge in [-0.25, -0.2) is 0 Å². The van der Waals surface area contributed by atoms with E-state index in [1.54, 1.807) is 0 Å². The predicted molar refractivity (Wildman–Crippen MR) is 77.6 cm³/mol. The predicted octanol–water partition coefficient (Wildman–Crippen LogP) is 5.10. The standard InChI is InChI=1S/C16H32O2/c1-5-7-9-11-13-15(4)18-16(17)14(3)12-10-8-6-2/h14-15H,5-13H2,1-4H3. The van der Waals surface area contributed by atoms with Gasteiger partial charge in [-0.3, -0.25) is 4.79 Å². The molecule has 0 aliphatic heterocycles. The van der Waals surface area contributed by atoms with E-state index in [9.17, 15) is 4.79 Å². The Kier molecular flexibility index (Phi) is 11.2. The van der Waals surface area contributed by atoms with Crippen molar-refractivity contribution in [2.75, 3.05) is 0 Å². The molecule has 0 aromatic heterocycles. The van der Waals surface area contributed by atoms with Gasteiger partial charge in [-0.1, -0.05) is 59.3 Å². The molecule has 2 atom stereocenters. The molecule has 0 bridgehead atoms. The number of hydrogen-bond donors (Lipinski definition) is 0. The zero-order valence-corrected chi connectivity index (χ0v) is 12.8. The Morgan fingerprint density at radius 1 is 0.889 bits per heavy atom. The first-order chi connectivity index (χ1) is 8.61. The van der Waals surface area contributed by atoms with E-state index in [4.69, 9.17) is 4.74 Å². The van der Waals surface area contributed by atoms with Crippen molar-refractivity contribution in [1.29, 1.82) is 0 Å². The molecule has 18 heavy (non-hydrogen) atoms. The highest BCUT2D eigenvalue weighted by atomic mass is 16.5. The first-order valence-corrected chi connectivity index (χ1v) is 7.82. The summed E-state index contributed by atoms with van der Waals surface area (Å²) in [5.74, 6) is 0.0590. The van der Waals surface area contributed by atoms with Crippen LogP contribution in [0.2, 0.25) is 0 Å². The van der Waals surface area contributed by atoms with Crippen molar-refractivity contribution >= 4 is 5.97 Å². The monoisotopic (exact) mass is 256 g/mol. The van der Waals surface area contributed by atoms with Crippen molar-refractivity contribution in [2.24, 2.45) is 5.92 Å². The average molecular weight is 256 g/mol. The van der Waals surface area contributed by atoms with Crippen molar-refractivity contribution in [3.63, 3.8) is 0 Å². The quantitative estimate of drug-likeness (QED) is 0.379. The number of unbranched alkanes of at least 4 members (excludes halogenated alkanes) is 5. The van der Waals surface area contributed by atoms with E-state index < -0.39 is 0 Å². The smallest absolute Gasteiger partial charge is 0.308 e. The summed E-state index contributed by atoms with van der Waals surface area (Å²) in [5.41, 5.74) is 0. The van der Waals surface area contributed by atoms with Gasteiger partial charge in [0.1, 0.15) is 0 Å². The van der Waals surface area contributed by atoms with Gasteiger partial charge in [0.05, 0.1) is 12.0 Å². The second-order valence-corrected chi connectivity index (χ2v) is 5.49. The molecule has 0 saturated heterocycles. The lowest BCUT2D eigenvalue weighted by Crippen LogP contribution is -2.20. The Morgan fingerprint density at radius 2 is 1.44 bits per heavy atom. The number of ether oxygens (including phenoxy) is 1. The SMILES string of the molecule is CCCCCCC(C)OC(=O)C(C)CCCCC. The van der Waals surface area contributed by atoms with E-state index in [1.165, 1.54) is 38.5 Å². The molecule has 108 valence electrons. The Morgan fingerprint density at radius 3 is 2.06 bits per heavy atom. The molecule has 0 N–H and O–H groups in total. The van der Waals surface area contributed by atoms with Crippen LogP contribution in [0.25, 0.3) is 0 Å². The van der Waals surface area contributed by atoms with Gasteiger partial charge in [0.25, 0.3) is 0 Å². The van der Waals surface area contributed by atoms with Gasteiger partial charge >= 0.3 is 5.97 Å². The molecule has 0 aromatic rings. The fourth-order valence-electron chi connectivity index (χ4n) is 2.05. The van der Waals surface area contributed by atoms with E-state index in [1.807, 2.05) is 13.8 Å². The van der Waals surface area contributed by atoms with Crippen LogP contribution < -0.4 is 0 Å². The molecule has 0 radical (unpaired) electrons. The maximum atomic E-state index is 11.8. The molecule has 0 amide bonds. The van der Waals surface area contributed by atoms with Crippen molar-refractivity contribution < 1.29 is 9.53 Å². The molecule has 2 unspecified atom stereocenters. The van der Waals surface area contributed by atoms with Crippen LogP contribution in [0, 0.1) is 5.92 Å². The third-order valence-electron chi connectivity index (χ3n) is 3.42. The second kappa shape index (κ2) is 11.6. The van der Waals surface area contributed by atoms with Crippen LogP contribution in [-0.2, 0) is 9.53 Å². The van der Waals surface area contributed by atoms with Crippen LogP contribution in [0.5, 0.6) is 0 Å². The average Bonchev–Trinajstić information content (AvgIpc) is 2.34. The summed E-state index contributed by atoms with van der Waals surface area (Å²) in [6.07, 6.45) is 10.6. The normalized spacial score (nSPS) is 14.2. The van der Waals surface area contributed by atoms with Crippen molar-refractivity contribution in [2.45, 2.75) is 91.6 Å². The highest BCUT2D eigenvalue weighted by Crippen LogP contribution is 2.14. The zero-order chi connectivity index (χ0) is 13.8. The molecule has 0 aliphatic rings. The molecule has 0 rings (SSSR count). The van der Waals surface area contributed by atoms with Crippen LogP contribution in [0.4, 0.5) is 0 Å². The number of hydrogen-bond acceptors (Lipinski definition) is 2. The van der Waals surface area contributed by atoms with Crippen LogP contribution >= 0.6 is 0 Å². The maximum Gasteiger partial charge on any atom is 0.308 e. The Labute approximate surface area is 113 Å².